The first-order valence-corrected chi connectivity index (χ1v) is 8.55. The minimum atomic E-state index is 0.744. The fraction of sp³-hybridized carbons (Fsp3) is 0.933. The molecule has 0 saturated heterocycles. The van der Waals surface area contributed by atoms with E-state index in [9.17, 15) is 0 Å². The smallest absolute Gasteiger partial charge is 0.133 e. The lowest BCUT2D eigenvalue weighted by atomic mass is 10.1. The van der Waals surface area contributed by atoms with E-state index in [2.05, 4.69) is 31.4 Å². The van der Waals surface area contributed by atoms with Crippen molar-refractivity contribution >= 4 is 29.2 Å². The maximum Gasteiger partial charge on any atom is 0.133 e. The number of nitrogens with zero attached hydrogens (tertiary/aromatic N) is 1. The zero-order valence-corrected chi connectivity index (χ0v) is 14.0. The van der Waals surface area contributed by atoms with Crippen LogP contribution in [-0.2, 0) is 0 Å². The van der Waals surface area contributed by atoms with Gasteiger partial charge in [-0.2, -0.15) is 0 Å². The number of unbranched alkanes of at least 4 members (excludes halogenated alkanes) is 9. The fourth-order valence-electron chi connectivity index (χ4n) is 2.18. The maximum absolute atomic E-state index is 5.08. The molecule has 0 amide bonds. The van der Waals surface area contributed by atoms with Crippen LogP contribution in [0.15, 0.2) is 0 Å². The van der Waals surface area contributed by atoms with Crippen LogP contribution >= 0.6 is 24.8 Å². The molecule has 0 fully saturated rings. The quantitative estimate of drug-likeness (QED) is 0.289. The first kappa shape index (κ1) is 18.2. The van der Waals surface area contributed by atoms with Gasteiger partial charge in [0.1, 0.15) is 4.32 Å². The molecule has 0 aliphatic heterocycles. The molecule has 0 aromatic heterocycles. The number of rotatable bonds is 12. The summed E-state index contributed by atoms with van der Waals surface area (Å²) in [6.07, 6.45) is 13.9. The molecule has 0 aliphatic rings. The monoisotopic (exact) mass is 289 g/mol. The molecule has 0 N–H and O–H groups in total. The van der Waals surface area contributed by atoms with Crippen LogP contribution in [0, 0.1) is 0 Å². The summed E-state index contributed by atoms with van der Waals surface area (Å²) in [7, 11) is 0. The van der Waals surface area contributed by atoms with E-state index in [1.807, 2.05) is 0 Å². The van der Waals surface area contributed by atoms with Crippen molar-refractivity contribution in [3.8, 4) is 0 Å². The van der Waals surface area contributed by atoms with Gasteiger partial charge in [-0.3, -0.25) is 0 Å². The highest BCUT2D eigenvalue weighted by molar-refractivity contribution is 8.10. The van der Waals surface area contributed by atoms with Crippen molar-refractivity contribution < 1.29 is 0 Å². The number of thiol groups is 1. The molecule has 3 heteroatoms. The molecule has 0 aliphatic carbocycles. The van der Waals surface area contributed by atoms with Crippen molar-refractivity contribution in [2.75, 3.05) is 13.1 Å². The standard InChI is InChI=1S/C15H31NS2/c1-3-5-6-7-8-9-10-11-12-13-14-16(4-2)15(17)18/h3-14H2,1-2H3,(H,17,18). The molecule has 0 bridgehead atoms. The predicted molar refractivity (Wildman–Crippen MR) is 90.7 cm³/mol. The third-order valence-corrected chi connectivity index (χ3v) is 3.97. The largest absolute Gasteiger partial charge is 0.358 e. The topological polar surface area (TPSA) is 3.24 Å². The lowest BCUT2D eigenvalue weighted by Gasteiger charge is -2.20. The molecular formula is C15H31NS2. The predicted octanol–water partition coefficient (Wildman–Crippen LogP) is 5.44. The van der Waals surface area contributed by atoms with Gasteiger partial charge in [0.05, 0.1) is 0 Å². The number of hydrogen-bond donors (Lipinski definition) is 1. The van der Waals surface area contributed by atoms with Gasteiger partial charge in [0.25, 0.3) is 0 Å². The minimum Gasteiger partial charge on any atom is -0.358 e. The van der Waals surface area contributed by atoms with E-state index in [1.54, 1.807) is 0 Å². The molecule has 0 radical (unpaired) electrons. The third kappa shape index (κ3) is 11.3. The van der Waals surface area contributed by atoms with Gasteiger partial charge < -0.3 is 4.90 Å². The molecule has 108 valence electrons. The van der Waals surface area contributed by atoms with Gasteiger partial charge in [0.2, 0.25) is 0 Å². The third-order valence-electron chi connectivity index (χ3n) is 3.43. The van der Waals surface area contributed by atoms with Crippen molar-refractivity contribution in [2.45, 2.75) is 78.1 Å². The van der Waals surface area contributed by atoms with Crippen molar-refractivity contribution in [3.05, 3.63) is 0 Å². The summed E-state index contributed by atoms with van der Waals surface area (Å²) in [5, 5.41) is 0. The summed E-state index contributed by atoms with van der Waals surface area (Å²) in [5.74, 6) is 0. The zero-order chi connectivity index (χ0) is 13.6. The van der Waals surface area contributed by atoms with Crippen LogP contribution in [0.2, 0.25) is 0 Å². The molecule has 0 atom stereocenters. The minimum absolute atomic E-state index is 0.744. The van der Waals surface area contributed by atoms with E-state index in [4.69, 9.17) is 12.2 Å². The molecule has 0 aromatic carbocycles. The summed E-state index contributed by atoms with van der Waals surface area (Å²) in [6, 6.07) is 0. The van der Waals surface area contributed by atoms with E-state index in [-0.39, 0.29) is 0 Å². The molecule has 0 spiro atoms. The molecular weight excluding hydrogens is 258 g/mol. The Morgan fingerprint density at radius 1 is 0.833 bits per heavy atom. The van der Waals surface area contributed by atoms with E-state index in [1.165, 1.54) is 64.2 Å². The van der Waals surface area contributed by atoms with E-state index in [0.717, 1.165) is 17.4 Å². The second-order valence-corrected chi connectivity index (χ2v) is 6.16. The van der Waals surface area contributed by atoms with E-state index < -0.39 is 0 Å². The highest BCUT2D eigenvalue weighted by atomic mass is 32.1. The maximum atomic E-state index is 5.08. The molecule has 18 heavy (non-hydrogen) atoms. The Bertz CT molecular complexity index is 195. The Hall–Kier alpha value is 0.240. The van der Waals surface area contributed by atoms with Crippen LogP contribution < -0.4 is 0 Å². The van der Waals surface area contributed by atoms with Gasteiger partial charge in [-0.15, -0.1) is 12.6 Å². The van der Waals surface area contributed by atoms with Crippen molar-refractivity contribution in [1.29, 1.82) is 0 Å². The highest BCUT2D eigenvalue weighted by Gasteiger charge is 2.02. The zero-order valence-electron chi connectivity index (χ0n) is 12.3. The van der Waals surface area contributed by atoms with Crippen molar-refractivity contribution in [3.63, 3.8) is 0 Å². The Balaban J connectivity index is 3.18. The highest BCUT2D eigenvalue weighted by Crippen LogP contribution is 2.11. The van der Waals surface area contributed by atoms with Crippen LogP contribution in [-0.4, -0.2) is 22.3 Å². The molecule has 0 aromatic rings. The lowest BCUT2D eigenvalue weighted by molar-refractivity contribution is 0.429. The summed E-state index contributed by atoms with van der Waals surface area (Å²) in [6.45, 7) is 6.48. The SMILES string of the molecule is CCCCCCCCCCCCN(CC)C(=S)S. The number of thiocarbonyl (C=S) groups is 1. The fourth-order valence-corrected chi connectivity index (χ4v) is 2.64. The van der Waals surface area contributed by atoms with Gasteiger partial charge >= 0.3 is 0 Å². The first-order chi connectivity index (χ1) is 8.72. The molecule has 0 rings (SSSR count). The molecule has 0 saturated carbocycles. The average Bonchev–Trinajstić information content (AvgIpc) is 2.35. The van der Waals surface area contributed by atoms with Gasteiger partial charge in [-0.05, 0) is 13.3 Å². The average molecular weight is 290 g/mol. The normalized spacial score (nSPS) is 10.6. The molecule has 1 nitrogen and oxygen atoms in total. The Labute approximate surface area is 125 Å². The second-order valence-electron chi connectivity index (χ2n) is 5.04. The van der Waals surface area contributed by atoms with Crippen LogP contribution in [0.4, 0.5) is 0 Å². The van der Waals surface area contributed by atoms with E-state index >= 15 is 0 Å². The van der Waals surface area contributed by atoms with E-state index in [0.29, 0.717) is 0 Å². The number of hydrogen-bond acceptors (Lipinski definition) is 1. The molecule has 0 unspecified atom stereocenters. The van der Waals surface area contributed by atoms with Gasteiger partial charge in [-0.1, -0.05) is 76.9 Å². The summed E-state index contributed by atoms with van der Waals surface area (Å²) in [4.78, 5) is 2.17. The van der Waals surface area contributed by atoms with Crippen LogP contribution in [0.5, 0.6) is 0 Å². The Morgan fingerprint density at radius 2 is 1.28 bits per heavy atom. The summed E-state index contributed by atoms with van der Waals surface area (Å²) in [5.41, 5.74) is 0. The Morgan fingerprint density at radius 3 is 1.67 bits per heavy atom. The van der Waals surface area contributed by atoms with Crippen LogP contribution in [0.1, 0.15) is 78.1 Å². The van der Waals surface area contributed by atoms with Crippen LogP contribution in [0.3, 0.4) is 0 Å². The van der Waals surface area contributed by atoms with Crippen molar-refractivity contribution in [1.82, 2.24) is 4.90 Å². The first-order valence-electron chi connectivity index (χ1n) is 7.70. The Kier molecular flexibility index (Phi) is 13.8. The van der Waals surface area contributed by atoms with Crippen molar-refractivity contribution in [2.24, 2.45) is 0 Å². The second kappa shape index (κ2) is 13.7. The van der Waals surface area contributed by atoms with Gasteiger partial charge in [0.15, 0.2) is 0 Å². The van der Waals surface area contributed by atoms with Gasteiger partial charge in [-0.25, -0.2) is 0 Å². The van der Waals surface area contributed by atoms with Gasteiger partial charge in [0, 0.05) is 13.1 Å². The van der Waals surface area contributed by atoms with Crippen LogP contribution in [0.25, 0.3) is 0 Å². The lowest BCUT2D eigenvalue weighted by Crippen LogP contribution is -2.26. The molecule has 0 heterocycles. The summed E-state index contributed by atoms with van der Waals surface area (Å²) < 4.78 is 0.744. The summed E-state index contributed by atoms with van der Waals surface area (Å²) >= 11 is 9.31.